The van der Waals surface area contributed by atoms with Gasteiger partial charge in [-0.05, 0) is 180 Å². The fraction of sp³-hybridized carbons (Fsp3) is 0.333. The van der Waals surface area contributed by atoms with Gasteiger partial charge in [0.15, 0.2) is 0 Å². The lowest BCUT2D eigenvalue weighted by atomic mass is 9.33. The van der Waals surface area contributed by atoms with E-state index in [9.17, 15) is 0 Å². The van der Waals surface area contributed by atoms with Crippen LogP contribution in [0.15, 0.2) is 133 Å². The fourth-order valence-electron chi connectivity index (χ4n) is 12.9. The second-order valence-corrected chi connectivity index (χ2v) is 24.1. The summed E-state index contributed by atoms with van der Waals surface area (Å²) in [6, 6.07) is 51.9. The second-order valence-electron chi connectivity index (χ2n) is 24.1. The van der Waals surface area contributed by atoms with Crippen molar-refractivity contribution < 1.29 is 0 Å². The molecule has 11 rings (SSSR count). The summed E-state index contributed by atoms with van der Waals surface area (Å²) in [7, 11) is 0. The molecule has 0 radical (unpaired) electrons. The number of aryl methyl sites for hydroxylation is 2. The molecule has 7 aromatic rings. The number of hydrogen-bond acceptors (Lipinski definition) is 2. The Bertz CT molecular complexity index is 3120. The van der Waals surface area contributed by atoms with Crippen molar-refractivity contribution in [1.82, 2.24) is 0 Å². The monoisotopic (exact) mass is 863 g/mol. The Morgan fingerprint density at radius 2 is 0.879 bits per heavy atom. The largest absolute Gasteiger partial charge is 0.311 e. The maximum atomic E-state index is 2.74. The Hall–Kier alpha value is -5.80. The van der Waals surface area contributed by atoms with E-state index in [1.807, 2.05) is 0 Å². The lowest BCUT2D eigenvalue weighted by molar-refractivity contribution is 0.332. The van der Waals surface area contributed by atoms with Gasteiger partial charge in [0.1, 0.15) is 0 Å². The molecule has 2 nitrogen and oxygen atoms in total. The summed E-state index contributed by atoms with van der Waals surface area (Å²) in [6.45, 7) is 31.7. The zero-order valence-electron chi connectivity index (χ0n) is 41.8. The van der Waals surface area contributed by atoms with Gasteiger partial charge >= 0.3 is 0 Å². The van der Waals surface area contributed by atoms with Crippen molar-refractivity contribution in [2.75, 3.05) is 9.80 Å². The zero-order valence-corrected chi connectivity index (χ0v) is 41.8. The van der Waals surface area contributed by atoms with E-state index in [4.69, 9.17) is 0 Å². The molecule has 0 unspecified atom stereocenters. The topological polar surface area (TPSA) is 6.48 Å². The summed E-state index contributed by atoms with van der Waals surface area (Å²) >= 11 is 0. The first-order chi connectivity index (χ1) is 31.1. The van der Waals surface area contributed by atoms with Crippen LogP contribution in [0.1, 0.15) is 134 Å². The van der Waals surface area contributed by atoms with E-state index >= 15 is 0 Å². The average Bonchev–Trinajstić information content (AvgIpc) is 3.46. The second kappa shape index (κ2) is 14.4. The summed E-state index contributed by atoms with van der Waals surface area (Å²) in [5.41, 5.74) is 27.0. The molecule has 0 saturated carbocycles. The molecule has 0 fully saturated rings. The van der Waals surface area contributed by atoms with Gasteiger partial charge in [0, 0.05) is 34.1 Å². The molecule has 0 aromatic heterocycles. The van der Waals surface area contributed by atoms with E-state index in [-0.39, 0.29) is 33.8 Å². The van der Waals surface area contributed by atoms with E-state index in [1.54, 1.807) is 0 Å². The van der Waals surface area contributed by atoms with Crippen molar-refractivity contribution in [3.8, 4) is 22.3 Å². The van der Waals surface area contributed by atoms with Gasteiger partial charge in [-0.15, -0.1) is 0 Å². The standard InChI is InChI=1S/C63H67BN2/c1-39-30-43(41-20-16-14-17-21-41)25-27-52(39)65-54-32-44(42-22-18-15-19-23-42)24-26-50(54)64-51-35-47-49(63(12,13)38-62(47,10)11)37-55(51)66(57-34-45(59(3,4)5)33-56(65)58(57)64)53-36-48-46(31-40(53)2)60(6,7)28-29-61(48,8)9/h14-27,30-37H,28-29,38H2,1-13H3. The first kappa shape index (κ1) is 42.8. The lowest BCUT2D eigenvalue weighted by Crippen LogP contribution is -2.61. The smallest absolute Gasteiger partial charge is 0.252 e. The summed E-state index contributed by atoms with van der Waals surface area (Å²) in [5.74, 6) is 0. The fourth-order valence-corrected chi connectivity index (χ4v) is 12.9. The molecule has 0 spiro atoms. The first-order valence-electron chi connectivity index (χ1n) is 24.6. The van der Waals surface area contributed by atoms with Crippen molar-refractivity contribution in [3.63, 3.8) is 0 Å². The molecule has 332 valence electrons. The molecule has 2 aliphatic heterocycles. The third-order valence-corrected chi connectivity index (χ3v) is 16.5. The highest BCUT2D eigenvalue weighted by molar-refractivity contribution is 7.00. The number of anilines is 6. The van der Waals surface area contributed by atoms with E-state index in [1.165, 1.54) is 125 Å². The third-order valence-electron chi connectivity index (χ3n) is 16.5. The van der Waals surface area contributed by atoms with Gasteiger partial charge in [-0.25, -0.2) is 0 Å². The molecule has 2 heterocycles. The van der Waals surface area contributed by atoms with Crippen molar-refractivity contribution in [1.29, 1.82) is 0 Å². The normalized spacial score (nSPS) is 18.0. The molecule has 2 aliphatic carbocycles. The Morgan fingerprint density at radius 3 is 1.45 bits per heavy atom. The zero-order chi connectivity index (χ0) is 46.5. The summed E-state index contributed by atoms with van der Waals surface area (Å²) in [5, 5.41) is 0. The Balaban J connectivity index is 1.27. The van der Waals surface area contributed by atoms with E-state index in [0.717, 1.165) is 6.42 Å². The van der Waals surface area contributed by atoms with Crippen LogP contribution in [0, 0.1) is 13.8 Å². The lowest BCUT2D eigenvalue weighted by Gasteiger charge is -2.47. The summed E-state index contributed by atoms with van der Waals surface area (Å²) < 4.78 is 0. The van der Waals surface area contributed by atoms with E-state index in [2.05, 4.69) is 233 Å². The van der Waals surface area contributed by atoms with Crippen LogP contribution in [-0.2, 0) is 27.1 Å². The Morgan fingerprint density at radius 1 is 0.409 bits per heavy atom. The molecule has 0 bridgehead atoms. The number of fused-ring (bicyclic) bond motifs is 6. The number of rotatable bonds is 4. The van der Waals surface area contributed by atoms with E-state index < -0.39 is 0 Å². The molecule has 0 atom stereocenters. The van der Waals surface area contributed by atoms with Gasteiger partial charge in [0.05, 0.1) is 0 Å². The Labute approximate surface area is 396 Å². The van der Waals surface area contributed by atoms with Gasteiger partial charge in [0.2, 0.25) is 0 Å². The highest BCUT2D eigenvalue weighted by Gasteiger charge is 2.49. The van der Waals surface area contributed by atoms with Crippen molar-refractivity contribution in [2.24, 2.45) is 0 Å². The number of hydrogen-bond donors (Lipinski definition) is 0. The molecule has 66 heavy (non-hydrogen) atoms. The SMILES string of the molecule is Cc1cc(-c2ccccc2)ccc1N1c2cc(-c3ccccc3)ccc2B2c3cc4c(cc3N(c3cc5c(cc3C)C(C)(C)CCC5(C)C)c3cc(C(C)(C)C)cc1c32)C(C)(C)CC4(C)C. The molecular formula is C63H67BN2. The van der Waals surface area contributed by atoms with Gasteiger partial charge in [-0.1, -0.05) is 167 Å². The molecular weight excluding hydrogens is 796 g/mol. The predicted octanol–water partition coefficient (Wildman–Crippen LogP) is 15.3. The summed E-state index contributed by atoms with van der Waals surface area (Å²) in [4.78, 5) is 5.38. The van der Waals surface area contributed by atoms with Crippen LogP contribution in [0.5, 0.6) is 0 Å². The minimum absolute atomic E-state index is 0.0355. The number of nitrogens with zero attached hydrogens (tertiary/aromatic N) is 2. The quantitative estimate of drug-likeness (QED) is 0.163. The predicted molar refractivity (Wildman–Crippen MR) is 285 cm³/mol. The maximum Gasteiger partial charge on any atom is 0.252 e. The van der Waals surface area contributed by atoms with Gasteiger partial charge in [-0.3, -0.25) is 0 Å². The van der Waals surface area contributed by atoms with Gasteiger partial charge in [0.25, 0.3) is 6.71 Å². The average molecular weight is 863 g/mol. The number of benzene rings is 7. The molecule has 7 aromatic carbocycles. The summed E-state index contributed by atoms with van der Waals surface area (Å²) in [6.07, 6.45) is 3.50. The minimum Gasteiger partial charge on any atom is -0.311 e. The molecule has 0 saturated heterocycles. The molecule has 0 N–H and O–H groups in total. The van der Waals surface area contributed by atoms with Crippen LogP contribution in [0.2, 0.25) is 0 Å². The molecule has 0 amide bonds. The van der Waals surface area contributed by atoms with E-state index in [0.29, 0.717) is 0 Å². The van der Waals surface area contributed by atoms with Crippen LogP contribution < -0.4 is 26.2 Å². The Kier molecular flexibility index (Phi) is 9.31. The third kappa shape index (κ3) is 6.50. The van der Waals surface area contributed by atoms with Gasteiger partial charge in [-0.2, -0.15) is 0 Å². The van der Waals surface area contributed by atoms with Crippen LogP contribution >= 0.6 is 0 Å². The van der Waals surface area contributed by atoms with Crippen molar-refractivity contribution >= 4 is 57.2 Å². The van der Waals surface area contributed by atoms with Gasteiger partial charge < -0.3 is 9.80 Å². The van der Waals surface area contributed by atoms with Crippen LogP contribution in [-0.4, -0.2) is 6.71 Å². The molecule has 4 aliphatic rings. The molecule has 3 heteroatoms. The van der Waals surface area contributed by atoms with Crippen molar-refractivity contribution in [2.45, 2.75) is 136 Å². The van der Waals surface area contributed by atoms with Crippen LogP contribution in [0.3, 0.4) is 0 Å². The minimum atomic E-state index is -0.113. The highest BCUT2D eigenvalue weighted by atomic mass is 15.2. The van der Waals surface area contributed by atoms with Crippen LogP contribution in [0.25, 0.3) is 22.3 Å². The van der Waals surface area contributed by atoms with Crippen molar-refractivity contribution in [3.05, 3.63) is 172 Å². The first-order valence-corrected chi connectivity index (χ1v) is 24.6. The maximum absolute atomic E-state index is 2.74. The van der Waals surface area contributed by atoms with Crippen LogP contribution in [0.4, 0.5) is 34.1 Å². The highest BCUT2D eigenvalue weighted by Crippen LogP contribution is 2.55.